The molecule has 4 amide bonds. The van der Waals surface area contributed by atoms with Crippen molar-refractivity contribution in [3.8, 4) is 17.1 Å². The zero-order valence-corrected chi connectivity index (χ0v) is 30.0. The van der Waals surface area contributed by atoms with Gasteiger partial charge in [-0.2, -0.15) is 0 Å². The van der Waals surface area contributed by atoms with E-state index in [0.717, 1.165) is 33.8 Å². The minimum atomic E-state index is -0.952. The molecule has 0 saturated carbocycles. The van der Waals surface area contributed by atoms with Gasteiger partial charge in [0.05, 0.1) is 31.0 Å². The first kappa shape index (κ1) is 35.5. The van der Waals surface area contributed by atoms with Crippen LogP contribution in [-0.4, -0.2) is 89.8 Å². The molecule has 0 bridgehead atoms. The topological polar surface area (TPSA) is 145 Å². The van der Waals surface area contributed by atoms with Crippen molar-refractivity contribution in [3.63, 3.8) is 0 Å². The molecule has 6 aromatic rings. The van der Waals surface area contributed by atoms with E-state index in [2.05, 4.69) is 20.4 Å². The number of nitrogens with one attached hydrogen (secondary N) is 1. The number of hydrogen-bond donors (Lipinski definition) is 2. The molecule has 55 heavy (non-hydrogen) atoms. The standard InChI is InChI=1S/C41H37FN8O5/c1-50(41(54)45-21-28-7-3-2-4-8-28)38-25-47(23-29-9-5-11-34-33(29)10-6-18-43-34)40(53)37(19-27-12-15-31(51)16-13-27)49(38)39(52)26-48(50)24-32-20-36(46-55-32)35-17-14-30(42)22-44-35/h2-18,20,22,37-38H,19,21,23-26H2,1H3,(H-,45,51,54)/p+1. The fraction of sp³-hybridized carbons (Fsp3) is 0.220. The van der Waals surface area contributed by atoms with Crippen molar-refractivity contribution in [2.75, 3.05) is 20.1 Å². The number of likely N-dealkylation sites (N-methyl/N-ethyl adjacent to an activating group) is 1. The van der Waals surface area contributed by atoms with Crippen LogP contribution in [-0.2, 0) is 35.6 Å². The highest BCUT2D eigenvalue weighted by atomic mass is 19.1. The van der Waals surface area contributed by atoms with E-state index in [4.69, 9.17) is 4.52 Å². The number of pyridine rings is 2. The Bertz CT molecular complexity index is 2350. The summed E-state index contributed by atoms with van der Waals surface area (Å²) in [7, 11) is 1.75. The number of rotatable bonds is 9. The fourth-order valence-corrected chi connectivity index (χ4v) is 7.54. The predicted molar refractivity (Wildman–Crippen MR) is 198 cm³/mol. The Balaban J connectivity index is 1.19. The van der Waals surface area contributed by atoms with Crippen LogP contribution in [0.5, 0.6) is 5.75 Å². The van der Waals surface area contributed by atoms with Crippen molar-refractivity contribution in [1.82, 2.24) is 35.3 Å². The van der Waals surface area contributed by atoms with Crippen LogP contribution < -0.4 is 5.32 Å². The molecular formula is C41H38FN8O5+. The van der Waals surface area contributed by atoms with Crippen LogP contribution >= 0.6 is 0 Å². The summed E-state index contributed by atoms with van der Waals surface area (Å²) in [5.41, 5.74) is 4.07. The fourth-order valence-electron chi connectivity index (χ4n) is 7.54. The first-order valence-electron chi connectivity index (χ1n) is 17.9. The van der Waals surface area contributed by atoms with Gasteiger partial charge < -0.3 is 14.5 Å². The van der Waals surface area contributed by atoms with E-state index >= 15 is 0 Å². The van der Waals surface area contributed by atoms with Crippen molar-refractivity contribution in [1.29, 1.82) is 0 Å². The quantitative estimate of drug-likeness (QED) is 0.195. The van der Waals surface area contributed by atoms with Crippen molar-refractivity contribution in [3.05, 3.63) is 144 Å². The largest absolute Gasteiger partial charge is 0.508 e. The van der Waals surface area contributed by atoms with Crippen LogP contribution in [0.4, 0.5) is 9.18 Å². The van der Waals surface area contributed by atoms with Crippen LogP contribution in [0.25, 0.3) is 22.3 Å². The van der Waals surface area contributed by atoms with Crippen LogP contribution in [0.2, 0.25) is 0 Å². The number of nitrogens with zero attached hydrogens (tertiary/aromatic N) is 7. The Morgan fingerprint density at radius 2 is 1.75 bits per heavy atom. The maximum atomic E-state index is 14.8. The van der Waals surface area contributed by atoms with Gasteiger partial charge in [0.25, 0.3) is 0 Å². The third-order valence-corrected chi connectivity index (χ3v) is 10.5. The summed E-state index contributed by atoms with van der Waals surface area (Å²) in [5.74, 6) is -0.635. The van der Waals surface area contributed by atoms with Crippen LogP contribution in [0.1, 0.15) is 22.5 Å². The number of quaternary nitrogens is 1. The van der Waals surface area contributed by atoms with Gasteiger partial charge in [-0.05, 0) is 53.1 Å². The SMILES string of the molecule is C[N+]1(C(=O)NCc2ccccc2)C2CN(Cc3cccc4ncccc34)C(=O)C(Cc3ccc(O)cc3)N2C(=O)CN1Cc1cc(-c2ccc(F)cn2)no1. The maximum Gasteiger partial charge on any atom is 0.438 e. The highest BCUT2D eigenvalue weighted by molar-refractivity contribution is 5.91. The number of urea groups is 1. The molecule has 2 fully saturated rings. The second-order valence-electron chi connectivity index (χ2n) is 13.9. The molecule has 5 heterocycles. The number of phenolic OH excluding ortho intramolecular Hbond substituents is 1. The molecule has 13 nitrogen and oxygen atoms in total. The number of benzene rings is 3. The molecule has 3 unspecified atom stereocenters. The van der Waals surface area contributed by atoms with Crippen molar-refractivity contribution in [2.24, 2.45) is 0 Å². The van der Waals surface area contributed by atoms with Gasteiger partial charge in [0.15, 0.2) is 5.76 Å². The van der Waals surface area contributed by atoms with Gasteiger partial charge in [-0.15, -0.1) is 9.60 Å². The summed E-state index contributed by atoms with van der Waals surface area (Å²) >= 11 is 0. The average Bonchev–Trinajstić information content (AvgIpc) is 3.67. The summed E-state index contributed by atoms with van der Waals surface area (Å²) in [6, 6.07) is 28.7. The summed E-state index contributed by atoms with van der Waals surface area (Å²) < 4.78 is 18.9. The average molecular weight is 742 g/mol. The predicted octanol–water partition coefficient (Wildman–Crippen LogP) is 5.02. The minimum absolute atomic E-state index is 0.00506. The van der Waals surface area contributed by atoms with Gasteiger partial charge >= 0.3 is 6.03 Å². The van der Waals surface area contributed by atoms with E-state index in [9.17, 15) is 23.9 Å². The molecule has 3 atom stereocenters. The Labute approximate surface area is 315 Å². The molecule has 0 spiro atoms. The Morgan fingerprint density at radius 1 is 0.927 bits per heavy atom. The first-order chi connectivity index (χ1) is 26.7. The van der Waals surface area contributed by atoms with Gasteiger partial charge in [-0.25, -0.2) is 9.18 Å². The van der Waals surface area contributed by atoms with E-state index in [1.807, 2.05) is 60.7 Å². The summed E-state index contributed by atoms with van der Waals surface area (Å²) in [5, 5.41) is 19.9. The van der Waals surface area contributed by atoms with Gasteiger partial charge in [-0.1, -0.05) is 65.8 Å². The Morgan fingerprint density at radius 3 is 2.53 bits per heavy atom. The normalized spacial score (nSPS) is 20.1. The van der Waals surface area contributed by atoms with E-state index in [-0.39, 0.29) is 56.7 Å². The summed E-state index contributed by atoms with van der Waals surface area (Å²) in [4.78, 5) is 55.8. The number of amides is 4. The number of halogens is 1. The van der Waals surface area contributed by atoms with Crippen molar-refractivity contribution in [2.45, 2.75) is 38.3 Å². The van der Waals surface area contributed by atoms with E-state index in [0.29, 0.717) is 17.1 Å². The molecular weight excluding hydrogens is 704 g/mol. The van der Waals surface area contributed by atoms with Crippen LogP contribution in [0.3, 0.4) is 0 Å². The van der Waals surface area contributed by atoms with E-state index in [1.54, 1.807) is 58.4 Å². The summed E-state index contributed by atoms with van der Waals surface area (Å²) in [6.45, 7) is 0.276. The van der Waals surface area contributed by atoms with Gasteiger partial charge in [-0.3, -0.25) is 29.8 Å². The van der Waals surface area contributed by atoms with Gasteiger partial charge in [0.1, 0.15) is 36.4 Å². The minimum Gasteiger partial charge on any atom is -0.508 e. The zero-order valence-electron chi connectivity index (χ0n) is 30.0. The lowest BCUT2D eigenvalue weighted by Crippen LogP contribution is -2.83. The Kier molecular flexibility index (Phi) is 9.51. The Hall–Kier alpha value is -6.51. The number of aromatic hydroxyl groups is 1. The van der Waals surface area contributed by atoms with Crippen molar-refractivity contribution >= 4 is 28.7 Å². The van der Waals surface area contributed by atoms with Crippen LogP contribution in [0.15, 0.2) is 120 Å². The van der Waals surface area contributed by atoms with Crippen LogP contribution in [0, 0.1) is 5.82 Å². The lowest BCUT2D eigenvalue weighted by molar-refractivity contribution is -0.986. The first-order valence-corrected chi connectivity index (χ1v) is 17.9. The highest BCUT2D eigenvalue weighted by Gasteiger charge is 2.61. The number of phenols is 1. The molecule has 2 N–H and O–H groups in total. The molecule has 2 aliphatic heterocycles. The second-order valence-corrected chi connectivity index (χ2v) is 13.9. The zero-order chi connectivity index (χ0) is 38.1. The number of carbonyl (C=O) groups excluding carboxylic acids is 3. The molecule has 8 rings (SSSR count). The number of aromatic nitrogens is 3. The molecule has 2 aliphatic rings. The highest BCUT2D eigenvalue weighted by Crippen LogP contribution is 2.35. The molecule has 14 heteroatoms. The third kappa shape index (κ3) is 7.00. The third-order valence-electron chi connectivity index (χ3n) is 10.5. The van der Waals surface area contributed by atoms with Gasteiger partial charge in [0.2, 0.25) is 18.0 Å². The van der Waals surface area contributed by atoms with Crippen molar-refractivity contribution < 1.29 is 33.0 Å². The van der Waals surface area contributed by atoms with E-state index < -0.39 is 28.6 Å². The second kappa shape index (κ2) is 14.7. The maximum absolute atomic E-state index is 14.8. The molecule has 0 radical (unpaired) electrons. The number of hydrogen-bond acceptors (Lipinski definition) is 9. The number of piperazine rings is 1. The van der Waals surface area contributed by atoms with Gasteiger partial charge in [0, 0.05) is 37.2 Å². The molecule has 3 aromatic heterocycles. The molecule has 278 valence electrons. The lowest BCUT2D eigenvalue weighted by atomic mass is 9.97. The smallest absolute Gasteiger partial charge is 0.438 e. The molecule has 3 aromatic carbocycles. The monoisotopic (exact) mass is 741 g/mol. The lowest BCUT2D eigenvalue weighted by Gasteiger charge is -2.56. The number of fused-ring (bicyclic) bond motifs is 2. The molecule has 2 saturated heterocycles. The molecule has 0 aliphatic carbocycles. The summed E-state index contributed by atoms with van der Waals surface area (Å²) in [6.07, 6.45) is 2.12. The number of carbonyl (C=O) groups is 3. The van der Waals surface area contributed by atoms with E-state index in [1.165, 1.54) is 12.1 Å².